The van der Waals surface area contributed by atoms with E-state index < -0.39 is 0 Å². The monoisotopic (exact) mass is 204 g/mol. The van der Waals surface area contributed by atoms with Gasteiger partial charge in [0, 0.05) is 13.7 Å². The molecule has 3 heteroatoms. The first-order valence-electron chi connectivity index (χ1n) is 5.23. The largest absolute Gasteiger partial charge is 0.393 e. The van der Waals surface area contributed by atoms with E-state index in [1.807, 2.05) is 20.8 Å². The highest BCUT2D eigenvalue weighted by atomic mass is 16.5. The van der Waals surface area contributed by atoms with E-state index in [1.165, 1.54) is 0 Å². The van der Waals surface area contributed by atoms with Crippen molar-refractivity contribution in [3.63, 3.8) is 0 Å². The molecule has 0 fully saturated rings. The maximum absolute atomic E-state index is 9.71. The van der Waals surface area contributed by atoms with Crippen molar-refractivity contribution in [3.05, 3.63) is 0 Å². The molecular formula is C11H24O3. The number of methoxy groups -OCH3 is 1. The molecule has 1 atom stereocenters. The molecule has 0 aromatic rings. The van der Waals surface area contributed by atoms with E-state index in [1.54, 1.807) is 7.11 Å². The second kappa shape index (κ2) is 7.21. The Morgan fingerprint density at radius 1 is 1.14 bits per heavy atom. The molecule has 0 spiro atoms. The summed E-state index contributed by atoms with van der Waals surface area (Å²) in [5.41, 5.74) is -0.0213. The Bertz CT molecular complexity index is 129. The topological polar surface area (TPSA) is 38.7 Å². The number of rotatable bonds is 7. The lowest BCUT2D eigenvalue weighted by molar-refractivity contribution is 0.0336. The van der Waals surface area contributed by atoms with Crippen LogP contribution >= 0.6 is 0 Å². The van der Waals surface area contributed by atoms with Crippen LogP contribution < -0.4 is 0 Å². The number of ether oxygens (including phenoxy) is 2. The molecule has 0 heterocycles. The summed E-state index contributed by atoms with van der Waals surface area (Å²) < 4.78 is 10.2. The lowest BCUT2D eigenvalue weighted by atomic mass is 9.87. The van der Waals surface area contributed by atoms with Crippen LogP contribution in [-0.2, 0) is 9.47 Å². The minimum absolute atomic E-state index is 0.0213. The Kier molecular flexibility index (Phi) is 7.15. The molecule has 0 bridgehead atoms. The van der Waals surface area contributed by atoms with E-state index in [9.17, 15) is 5.11 Å². The third kappa shape index (κ3) is 7.30. The molecule has 0 aliphatic heterocycles. The summed E-state index contributed by atoms with van der Waals surface area (Å²) in [4.78, 5) is 0. The van der Waals surface area contributed by atoms with Crippen LogP contribution in [0, 0.1) is 5.41 Å². The fourth-order valence-corrected chi connectivity index (χ4v) is 1.06. The van der Waals surface area contributed by atoms with Gasteiger partial charge in [0.05, 0.1) is 19.3 Å². The van der Waals surface area contributed by atoms with Gasteiger partial charge in [-0.25, -0.2) is 0 Å². The van der Waals surface area contributed by atoms with Gasteiger partial charge in [-0.05, 0) is 18.3 Å². The average molecular weight is 204 g/mol. The highest BCUT2D eigenvalue weighted by Crippen LogP contribution is 2.22. The summed E-state index contributed by atoms with van der Waals surface area (Å²) in [5, 5.41) is 9.71. The Balaban J connectivity index is 3.28. The molecule has 0 saturated heterocycles. The van der Waals surface area contributed by atoms with Crippen molar-refractivity contribution in [2.45, 2.75) is 39.7 Å². The van der Waals surface area contributed by atoms with Gasteiger partial charge in [0.1, 0.15) is 0 Å². The van der Waals surface area contributed by atoms with Gasteiger partial charge in [-0.1, -0.05) is 20.8 Å². The van der Waals surface area contributed by atoms with Crippen LogP contribution in [0.5, 0.6) is 0 Å². The zero-order valence-electron chi connectivity index (χ0n) is 9.88. The number of hydrogen-bond donors (Lipinski definition) is 1. The molecule has 1 N–H and O–H groups in total. The highest BCUT2D eigenvalue weighted by molar-refractivity contribution is 4.72. The second-order valence-corrected chi connectivity index (χ2v) is 4.63. The molecule has 0 amide bonds. The molecule has 0 rings (SSSR count). The van der Waals surface area contributed by atoms with Gasteiger partial charge in [-0.2, -0.15) is 0 Å². The molecule has 3 nitrogen and oxygen atoms in total. The molecule has 0 aromatic heterocycles. The Labute approximate surface area is 87.4 Å². The molecular weight excluding hydrogens is 180 g/mol. The minimum Gasteiger partial charge on any atom is -0.393 e. The van der Waals surface area contributed by atoms with Crippen LogP contribution in [0.3, 0.4) is 0 Å². The van der Waals surface area contributed by atoms with Crippen LogP contribution in [-0.4, -0.2) is 38.1 Å². The van der Waals surface area contributed by atoms with Crippen molar-refractivity contribution in [1.82, 2.24) is 0 Å². The standard InChI is InChI=1S/C11H24O3/c1-11(2,3)10(12)6-5-7-14-9-8-13-4/h10,12H,5-9H2,1-4H3. The van der Waals surface area contributed by atoms with Gasteiger partial charge in [0.25, 0.3) is 0 Å². The van der Waals surface area contributed by atoms with Crippen molar-refractivity contribution in [2.24, 2.45) is 5.41 Å². The number of hydrogen-bond acceptors (Lipinski definition) is 3. The van der Waals surface area contributed by atoms with Gasteiger partial charge < -0.3 is 14.6 Å². The number of aliphatic hydroxyl groups is 1. The zero-order chi connectivity index (χ0) is 11.0. The van der Waals surface area contributed by atoms with E-state index in [-0.39, 0.29) is 11.5 Å². The Morgan fingerprint density at radius 2 is 1.79 bits per heavy atom. The van der Waals surface area contributed by atoms with E-state index in [0.29, 0.717) is 19.8 Å². The van der Waals surface area contributed by atoms with Gasteiger partial charge in [0.2, 0.25) is 0 Å². The Morgan fingerprint density at radius 3 is 2.29 bits per heavy atom. The maximum atomic E-state index is 9.71. The van der Waals surface area contributed by atoms with Crippen LogP contribution in [0.25, 0.3) is 0 Å². The van der Waals surface area contributed by atoms with Crippen LogP contribution in [0.15, 0.2) is 0 Å². The lowest BCUT2D eigenvalue weighted by Crippen LogP contribution is -2.26. The predicted octanol–water partition coefficient (Wildman–Crippen LogP) is 1.84. The summed E-state index contributed by atoms with van der Waals surface area (Å²) in [6, 6.07) is 0. The third-order valence-corrected chi connectivity index (χ3v) is 2.20. The molecule has 0 saturated carbocycles. The van der Waals surface area contributed by atoms with Crippen LogP contribution in [0.4, 0.5) is 0 Å². The van der Waals surface area contributed by atoms with E-state index in [0.717, 1.165) is 12.8 Å². The van der Waals surface area contributed by atoms with Crippen molar-refractivity contribution in [2.75, 3.05) is 26.9 Å². The molecule has 1 unspecified atom stereocenters. The molecule has 0 radical (unpaired) electrons. The summed E-state index contributed by atoms with van der Waals surface area (Å²) in [6.07, 6.45) is 1.46. The minimum atomic E-state index is -0.242. The van der Waals surface area contributed by atoms with Crippen molar-refractivity contribution < 1.29 is 14.6 Å². The second-order valence-electron chi connectivity index (χ2n) is 4.63. The Hall–Kier alpha value is -0.120. The van der Waals surface area contributed by atoms with Crippen molar-refractivity contribution in [1.29, 1.82) is 0 Å². The van der Waals surface area contributed by atoms with Gasteiger partial charge >= 0.3 is 0 Å². The number of aliphatic hydroxyl groups excluding tert-OH is 1. The predicted molar refractivity (Wildman–Crippen MR) is 57.4 cm³/mol. The summed E-state index contributed by atoms with van der Waals surface area (Å²) in [6.45, 7) is 8.12. The smallest absolute Gasteiger partial charge is 0.0700 e. The van der Waals surface area contributed by atoms with Crippen molar-refractivity contribution in [3.8, 4) is 0 Å². The quantitative estimate of drug-likeness (QED) is 0.643. The SMILES string of the molecule is COCCOCCCC(O)C(C)(C)C. The summed E-state index contributed by atoms with van der Waals surface area (Å²) in [7, 11) is 1.66. The van der Waals surface area contributed by atoms with Gasteiger partial charge in [-0.3, -0.25) is 0 Å². The molecule has 86 valence electrons. The molecule has 0 aliphatic rings. The fourth-order valence-electron chi connectivity index (χ4n) is 1.06. The average Bonchev–Trinajstić information content (AvgIpc) is 2.09. The summed E-state index contributed by atoms with van der Waals surface area (Å²) >= 11 is 0. The van der Waals surface area contributed by atoms with E-state index in [2.05, 4.69) is 0 Å². The molecule has 0 aliphatic carbocycles. The lowest BCUT2D eigenvalue weighted by Gasteiger charge is -2.25. The maximum Gasteiger partial charge on any atom is 0.0700 e. The van der Waals surface area contributed by atoms with E-state index in [4.69, 9.17) is 9.47 Å². The first-order chi connectivity index (χ1) is 6.48. The van der Waals surface area contributed by atoms with Crippen molar-refractivity contribution >= 4 is 0 Å². The van der Waals surface area contributed by atoms with E-state index >= 15 is 0 Å². The van der Waals surface area contributed by atoms with Crippen LogP contribution in [0.2, 0.25) is 0 Å². The first-order valence-corrected chi connectivity index (χ1v) is 5.23. The fraction of sp³-hybridized carbons (Fsp3) is 1.00. The van der Waals surface area contributed by atoms with Crippen LogP contribution in [0.1, 0.15) is 33.6 Å². The summed E-state index contributed by atoms with van der Waals surface area (Å²) in [5.74, 6) is 0. The highest BCUT2D eigenvalue weighted by Gasteiger charge is 2.20. The third-order valence-electron chi connectivity index (χ3n) is 2.20. The molecule has 14 heavy (non-hydrogen) atoms. The van der Waals surface area contributed by atoms with Gasteiger partial charge in [-0.15, -0.1) is 0 Å². The normalized spacial score (nSPS) is 14.4. The zero-order valence-corrected chi connectivity index (χ0v) is 9.88. The van der Waals surface area contributed by atoms with Gasteiger partial charge in [0.15, 0.2) is 0 Å². The molecule has 0 aromatic carbocycles. The first kappa shape index (κ1) is 13.9.